The van der Waals surface area contributed by atoms with Crippen molar-refractivity contribution >= 4 is 17.7 Å². The first-order valence-electron chi connectivity index (χ1n) is 5.34. The lowest BCUT2D eigenvalue weighted by atomic mass is 10.1. The maximum atomic E-state index is 11.8. The van der Waals surface area contributed by atoms with Gasteiger partial charge in [-0.1, -0.05) is 0 Å². The predicted molar refractivity (Wildman–Crippen MR) is 53.0 cm³/mol. The summed E-state index contributed by atoms with van der Waals surface area (Å²) in [4.78, 5) is 35.7. The van der Waals surface area contributed by atoms with Crippen LogP contribution in [0.5, 0.6) is 0 Å². The molecule has 2 aliphatic rings. The zero-order valence-electron chi connectivity index (χ0n) is 8.85. The van der Waals surface area contributed by atoms with Crippen LogP contribution >= 0.6 is 0 Å². The number of hydrogen-bond acceptors (Lipinski definition) is 4. The van der Waals surface area contributed by atoms with Crippen LogP contribution in [0.15, 0.2) is 0 Å². The van der Waals surface area contributed by atoms with E-state index < -0.39 is 17.7 Å². The van der Waals surface area contributed by atoms with Gasteiger partial charge in [0.1, 0.15) is 5.92 Å². The second kappa shape index (κ2) is 4.21. The number of amides is 3. The second-order valence-electron chi connectivity index (χ2n) is 4.10. The third-order valence-corrected chi connectivity index (χ3v) is 3.08. The number of nitrogens with two attached hydrogens (primary N) is 1. The molecule has 2 saturated heterocycles. The smallest absolute Gasteiger partial charge is 0.242 e. The van der Waals surface area contributed by atoms with E-state index in [9.17, 15) is 14.4 Å². The van der Waals surface area contributed by atoms with Crippen molar-refractivity contribution in [1.82, 2.24) is 4.90 Å². The van der Waals surface area contributed by atoms with Crippen molar-refractivity contribution in [2.75, 3.05) is 13.2 Å². The fourth-order valence-electron chi connectivity index (χ4n) is 2.20. The molecule has 16 heavy (non-hydrogen) atoms. The number of ether oxygens (including phenoxy) is 1. The molecular weight excluding hydrogens is 212 g/mol. The number of likely N-dealkylation sites (tertiary alicyclic amines) is 1. The molecule has 88 valence electrons. The van der Waals surface area contributed by atoms with Gasteiger partial charge in [0.05, 0.1) is 0 Å². The summed E-state index contributed by atoms with van der Waals surface area (Å²) in [7, 11) is 0. The van der Waals surface area contributed by atoms with Crippen molar-refractivity contribution in [2.24, 2.45) is 11.7 Å². The maximum absolute atomic E-state index is 11.8. The summed E-state index contributed by atoms with van der Waals surface area (Å²) in [6.45, 7) is 1.09. The van der Waals surface area contributed by atoms with Crippen LogP contribution in [0.4, 0.5) is 0 Å². The molecule has 0 saturated carbocycles. The largest absolute Gasteiger partial charge is 0.381 e. The number of carbonyl (C=O) groups is 3. The van der Waals surface area contributed by atoms with Gasteiger partial charge >= 0.3 is 0 Å². The first kappa shape index (κ1) is 11.1. The molecule has 2 rings (SSSR count). The molecule has 2 fully saturated rings. The monoisotopic (exact) mass is 226 g/mol. The van der Waals surface area contributed by atoms with E-state index in [4.69, 9.17) is 10.5 Å². The number of primary amides is 1. The highest BCUT2D eigenvalue weighted by atomic mass is 16.5. The molecule has 1 atom stereocenters. The average molecular weight is 226 g/mol. The highest BCUT2D eigenvalue weighted by Crippen LogP contribution is 2.25. The highest BCUT2D eigenvalue weighted by molar-refractivity contribution is 6.13. The third kappa shape index (κ3) is 1.80. The topological polar surface area (TPSA) is 89.7 Å². The van der Waals surface area contributed by atoms with Gasteiger partial charge in [-0.2, -0.15) is 0 Å². The Bertz CT molecular complexity index is 336. The van der Waals surface area contributed by atoms with Crippen LogP contribution in [0.3, 0.4) is 0 Å². The SMILES string of the molecule is NC(=O)[C@@H]1CC(=O)N(C2CCOCC2)C1=O. The minimum absolute atomic E-state index is 0.0779. The Labute approximate surface area is 92.7 Å². The van der Waals surface area contributed by atoms with E-state index in [1.54, 1.807) is 0 Å². The average Bonchev–Trinajstić information content (AvgIpc) is 2.56. The molecule has 0 unspecified atom stereocenters. The quantitative estimate of drug-likeness (QED) is 0.484. The minimum Gasteiger partial charge on any atom is -0.381 e. The molecule has 2 aliphatic heterocycles. The Morgan fingerprint density at radius 1 is 1.31 bits per heavy atom. The van der Waals surface area contributed by atoms with Gasteiger partial charge in [-0.05, 0) is 12.8 Å². The molecule has 2 N–H and O–H groups in total. The van der Waals surface area contributed by atoms with Gasteiger partial charge < -0.3 is 10.5 Å². The Balaban J connectivity index is 2.12. The zero-order valence-corrected chi connectivity index (χ0v) is 8.85. The summed E-state index contributed by atoms with van der Waals surface area (Å²) in [6.07, 6.45) is 1.21. The Kier molecular flexibility index (Phi) is 2.91. The van der Waals surface area contributed by atoms with E-state index in [0.717, 1.165) is 0 Å². The number of imide groups is 1. The van der Waals surface area contributed by atoms with E-state index in [2.05, 4.69) is 0 Å². The van der Waals surface area contributed by atoms with Crippen LogP contribution < -0.4 is 5.73 Å². The van der Waals surface area contributed by atoms with E-state index in [-0.39, 0.29) is 18.4 Å². The van der Waals surface area contributed by atoms with Crippen LogP contribution in [-0.4, -0.2) is 41.9 Å². The second-order valence-corrected chi connectivity index (χ2v) is 4.10. The third-order valence-electron chi connectivity index (χ3n) is 3.08. The van der Waals surface area contributed by atoms with Gasteiger partial charge in [-0.3, -0.25) is 19.3 Å². The summed E-state index contributed by atoms with van der Waals surface area (Å²) in [5, 5.41) is 0. The minimum atomic E-state index is -0.963. The lowest BCUT2D eigenvalue weighted by Gasteiger charge is -2.29. The van der Waals surface area contributed by atoms with Gasteiger partial charge in [0.15, 0.2) is 0 Å². The zero-order chi connectivity index (χ0) is 11.7. The van der Waals surface area contributed by atoms with Crippen LogP contribution in [0.1, 0.15) is 19.3 Å². The molecule has 0 spiro atoms. The molecule has 0 aliphatic carbocycles. The van der Waals surface area contributed by atoms with Crippen LogP contribution in [0.2, 0.25) is 0 Å². The molecule has 0 radical (unpaired) electrons. The molecule has 3 amide bonds. The first-order valence-corrected chi connectivity index (χ1v) is 5.34. The summed E-state index contributed by atoms with van der Waals surface area (Å²) < 4.78 is 5.16. The van der Waals surface area contributed by atoms with E-state index in [1.165, 1.54) is 4.90 Å². The fraction of sp³-hybridized carbons (Fsp3) is 0.700. The van der Waals surface area contributed by atoms with Gasteiger partial charge in [0.2, 0.25) is 17.7 Å². The molecule has 0 bridgehead atoms. The summed E-state index contributed by atoms with van der Waals surface area (Å²) in [5.41, 5.74) is 5.08. The normalized spacial score (nSPS) is 27.5. The molecule has 2 heterocycles. The van der Waals surface area contributed by atoms with Crippen molar-refractivity contribution in [3.63, 3.8) is 0 Å². The molecule has 0 aromatic heterocycles. The van der Waals surface area contributed by atoms with E-state index >= 15 is 0 Å². The first-order chi connectivity index (χ1) is 7.61. The number of hydrogen-bond donors (Lipinski definition) is 1. The summed E-state index contributed by atoms with van der Waals surface area (Å²) in [6, 6.07) is -0.127. The Morgan fingerprint density at radius 2 is 1.94 bits per heavy atom. The van der Waals surface area contributed by atoms with Crippen molar-refractivity contribution in [2.45, 2.75) is 25.3 Å². The van der Waals surface area contributed by atoms with Crippen molar-refractivity contribution in [1.29, 1.82) is 0 Å². The molecule has 6 nitrogen and oxygen atoms in total. The summed E-state index contributed by atoms with van der Waals surface area (Å²) in [5.74, 6) is -2.41. The lowest BCUT2D eigenvalue weighted by molar-refractivity contribution is -0.144. The van der Waals surface area contributed by atoms with E-state index in [1.807, 2.05) is 0 Å². The Hall–Kier alpha value is -1.43. The predicted octanol–water partition coefficient (Wildman–Crippen LogP) is -0.974. The molecule has 0 aromatic carbocycles. The number of rotatable bonds is 2. The van der Waals surface area contributed by atoms with Gasteiger partial charge in [0.25, 0.3) is 0 Å². The van der Waals surface area contributed by atoms with Crippen LogP contribution in [-0.2, 0) is 19.1 Å². The standard InChI is InChI=1S/C10H14N2O4/c11-9(14)7-5-8(13)12(10(7)15)6-1-3-16-4-2-6/h6-7H,1-5H2,(H2,11,14)/t7-/m0/s1. The molecule has 6 heteroatoms. The lowest BCUT2D eigenvalue weighted by Crippen LogP contribution is -2.44. The van der Waals surface area contributed by atoms with Crippen molar-refractivity contribution in [3.05, 3.63) is 0 Å². The van der Waals surface area contributed by atoms with Crippen molar-refractivity contribution in [3.8, 4) is 0 Å². The molecule has 0 aromatic rings. The number of nitrogens with zero attached hydrogens (tertiary/aromatic N) is 1. The van der Waals surface area contributed by atoms with Crippen molar-refractivity contribution < 1.29 is 19.1 Å². The fourth-order valence-corrected chi connectivity index (χ4v) is 2.20. The van der Waals surface area contributed by atoms with Gasteiger partial charge in [0, 0.05) is 25.7 Å². The maximum Gasteiger partial charge on any atom is 0.242 e. The van der Waals surface area contributed by atoms with E-state index in [0.29, 0.717) is 26.1 Å². The summed E-state index contributed by atoms with van der Waals surface area (Å²) >= 11 is 0. The van der Waals surface area contributed by atoms with Gasteiger partial charge in [-0.25, -0.2) is 0 Å². The highest BCUT2D eigenvalue weighted by Gasteiger charge is 2.45. The van der Waals surface area contributed by atoms with Crippen LogP contribution in [0, 0.1) is 5.92 Å². The van der Waals surface area contributed by atoms with Gasteiger partial charge in [-0.15, -0.1) is 0 Å². The number of carbonyl (C=O) groups excluding carboxylic acids is 3. The van der Waals surface area contributed by atoms with Crippen LogP contribution in [0.25, 0.3) is 0 Å². The molecular formula is C10H14N2O4. The Morgan fingerprint density at radius 3 is 2.44 bits per heavy atom.